The Kier molecular flexibility index (Phi) is 11.7. The Morgan fingerprint density at radius 1 is 1.42 bits per heavy atom. The van der Waals surface area contributed by atoms with Gasteiger partial charge in [0.2, 0.25) is 0 Å². The molecule has 0 unspecified atom stereocenters. The average molecular weight is 173 g/mol. The number of hydrogen-bond acceptors (Lipinski definition) is 1. The molecule has 1 nitrogen and oxygen atoms in total. The molecule has 0 rings (SSSR count). The van der Waals surface area contributed by atoms with Crippen LogP contribution in [0.2, 0.25) is 0 Å². The molecule has 0 bridgehead atoms. The van der Waals surface area contributed by atoms with E-state index < -0.39 is 0 Å². The van der Waals surface area contributed by atoms with Gasteiger partial charge in [-0.25, -0.2) is 0 Å². The van der Waals surface area contributed by atoms with Crippen LogP contribution in [0.1, 0.15) is 34.1 Å². The van der Waals surface area contributed by atoms with Crippen molar-refractivity contribution in [3.63, 3.8) is 0 Å². The van der Waals surface area contributed by atoms with Crippen LogP contribution in [0.5, 0.6) is 0 Å². The van der Waals surface area contributed by atoms with E-state index in [2.05, 4.69) is 19.2 Å². The molecule has 0 aromatic heterocycles. The van der Waals surface area contributed by atoms with Gasteiger partial charge in [0.1, 0.15) is 0 Å². The Morgan fingerprint density at radius 3 is 2.08 bits per heavy atom. The molecule has 0 saturated carbocycles. The van der Waals surface area contributed by atoms with E-state index in [9.17, 15) is 4.39 Å². The zero-order chi connectivity index (χ0) is 9.98. The Bertz CT molecular complexity index is 148. The molecular formula is C10H20FN. The first-order valence-corrected chi connectivity index (χ1v) is 4.30. The van der Waals surface area contributed by atoms with Crippen molar-refractivity contribution in [1.29, 1.82) is 0 Å². The molecular weight excluding hydrogens is 153 g/mol. The summed E-state index contributed by atoms with van der Waals surface area (Å²) in [5, 5.41) is 2.41. The first-order chi connectivity index (χ1) is 5.63. The van der Waals surface area contributed by atoms with Crippen LogP contribution in [-0.2, 0) is 0 Å². The van der Waals surface area contributed by atoms with Crippen LogP contribution in [-0.4, -0.2) is 7.05 Å². The van der Waals surface area contributed by atoms with Crippen molar-refractivity contribution in [2.24, 2.45) is 0 Å². The fraction of sp³-hybridized carbons (Fsp3) is 0.600. The number of hydrogen-bond donors (Lipinski definition) is 1. The Balaban J connectivity index is 0. The van der Waals surface area contributed by atoms with Gasteiger partial charge in [0.25, 0.3) is 0 Å². The maximum Gasteiger partial charge on any atom is 0.189 e. The third kappa shape index (κ3) is 9.21. The summed E-state index contributed by atoms with van der Waals surface area (Å²) >= 11 is 0. The normalized spacial score (nSPS) is 11.8. The summed E-state index contributed by atoms with van der Waals surface area (Å²) in [6.07, 6.45) is 4.76. The van der Waals surface area contributed by atoms with Crippen LogP contribution in [0.25, 0.3) is 0 Å². The van der Waals surface area contributed by atoms with Crippen LogP contribution in [0.3, 0.4) is 0 Å². The molecule has 0 atom stereocenters. The Hall–Kier alpha value is -0.790. The standard InChI is InChI=1S/C7H12FN.C3H8/c1-4-5-6(2)7(8)9-3;1-3-2/h4-5,9H,1-3H3;3H2,1-2H3/b5-4-,7-6-;. The monoisotopic (exact) mass is 173 g/mol. The van der Waals surface area contributed by atoms with Crippen LogP contribution >= 0.6 is 0 Å². The van der Waals surface area contributed by atoms with Crippen molar-refractivity contribution in [3.8, 4) is 0 Å². The van der Waals surface area contributed by atoms with E-state index in [1.54, 1.807) is 26.1 Å². The lowest BCUT2D eigenvalue weighted by atomic mass is 10.3. The highest BCUT2D eigenvalue weighted by Crippen LogP contribution is 2.01. The van der Waals surface area contributed by atoms with Gasteiger partial charge in [-0.15, -0.1) is 0 Å². The van der Waals surface area contributed by atoms with E-state index in [-0.39, 0.29) is 5.95 Å². The van der Waals surface area contributed by atoms with Gasteiger partial charge in [-0.1, -0.05) is 32.4 Å². The van der Waals surface area contributed by atoms with Crippen molar-refractivity contribution in [2.75, 3.05) is 7.05 Å². The highest BCUT2D eigenvalue weighted by Gasteiger charge is 1.90. The summed E-state index contributed by atoms with van der Waals surface area (Å²) in [6.45, 7) is 7.82. The number of allylic oxidation sites excluding steroid dienone is 3. The van der Waals surface area contributed by atoms with E-state index in [1.165, 1.54) is 6.42 Å². The molecule has 1 N–H and O–H groups in total. The second-order valence-corrected chi connectivity index (χ2v) is 2.45. The highest BCUT2D eigenvalue weighted by atomic mass is 19.1. The van der Waals surface area contributed by atoms with Gasteiger partial charge < -0.3 is 5.32 Å². The first kappa shape index (κ1) is 13.8. The van der Waals surface area contributed by atoms with E-state index >= 15 is 0 Å². The zero-order valence-corrected chi connectivity index (χ0v) is 8.74. The fourth-order valence-electron chi connectivity index (χ4n) is 0.520. The Labute approximate surface area is 75.4 Å². The zero-order valence-electron chi connectivity index (χ0n) is 8.74. The van der Waals surface area contributed by atoms with Crippen molar-refractivity contribution in [2.45, 2.75) is 34.1 Å². The van der Waals surface area contributed by atoms with Crippen LogP contribution < -0.4 is 5.32 Å². The van der Waals surface area contributed by atoms with E-state index in [0.717, 1.165) is 0 Å². The van der Waals surface area contributed by atoms with Gasteiger partial charge in [0.05, 0.1) is 0 Å². The van der Waals surface area contributed by atoms with Crippen molar-refractivity contribution < 1.29 is 4.39 Å². The lowest BCUT2D eigenvalue weighted by molar-refractivity contribution is 0.565. The third-order valence-corrected chi connectivity index (χ3v) is 0.982. The Morgan fingerprint density at radius 2 is 1.83 bits per heavy atom. The molecule has 0 fully saturated rings. The SMILES string of the molecule is C/C=C\C(C)=C(\F)NC.CCC. The molecule has 0 heterocycles. The highest BCUT2D eigenvalue weighted by molar-refractivity contribution is 5.17. The van der Waals surface area contributed by atoms with Gasteiger partial charge >= 0.3 is 0 Å². The molecule has 12 heavy (non-hydrogen) atoms. The maximum absolute atomic E-state index is 12.4. The summed E-state index contributed by atoms with van der Waals surface area (Å²) in [7, 11) is 1.56. The summed E-state index contributed by atoms with van der Waals surface area (Å²) in [5.74, 6) is -0.270. The van der Waals surface area contributed by atoms with Crippen molar-refractivity contribution in [3.05, 3.63) is 23.7 Å². The van der Waals surface area contributed by atoms with Gasteiger partial charge in [0.15, 0.2) is 5.95 Å². The minimum absolute atomic E-state index is 0.270. The third-order valence-electron chi connectivity index (χ3n) is 0.982. The summed E-state index contributed by atoms with van der Waals surface area (Å²) < 4.78 is 12.4. The van der Waals surface area contributed by atoms with Gasteiger partial charge in [-0.05, 0) is 13.8 Å². The van der Waals surface area contributed by atoms with Crippen molar-refractivity contribution >= 4 is 0 Å². The van der Waals surface area contributed by atoms with E-state index in [0.29, 0.717) is 5.57 Å². The van der Waals surface area contributed by atoms with Crippen LogP contribution in [0.4, 0.5) is 4.39 Å². The van der Waals surface area contributed by atoms with Gasteiger partial charge in [-0.2, -0.15) is 4.39 Å². The molecule has 2 heteroatoms. The molecule has 0 spiro atoms. The minimum atomic E-state index is -0.270. The molecule has 0 radical (unpaired) electrons. The number of nitrogens with one attached hydrogen (secondary N) is 1. The lowest BCUT2D eigenvalue weighted by Gasteiger charge is -1.95. The molecule has 72 valence electrons. The number of halogens is 1. The summed E-state index contributed by atoms with van der Waals surface area (Å²) in [5.41, 5.74) is 0.625. The lowest BCUT2D eigenvalue weighted by Crippen LogP contribution is -2.01. The predicted molar refractivity (Wildman–Crippen MR) is 53.6 cm³/mol. The van der Waals surface area contributed by atoms with Crippen molar-refractivity contribution in [1.82, 2.24) is 5.32 Å². The average Bonchev–Trinajstić information content (AvgIpc) is 2.05. The summed E-state index contributed by atoms with van der Waals surface area (Å²) in [4.78, 5) is 0. The first-order valence-electron chi connectivity index (χ1n) is 4.30. The second kappa shape index (κ2) is 10.2. The largest absolute Gasteiger partial charge is 0.365 e. The van der Waals surface area contributed by atoms with Gasteiger partial charge in [0, 0.05) is 12.6 Å². The molecule has 0 aromatic carbocycles. The van der Waals surface area contributed by atoms with Gasteiger partial charge in [-0.3, -0.25) is 0 Å². The molecule has 0 aliphatic rings. The van der Waals surface area contributed by atoms with Crippen LogP contribution in [0, 0.1) is 0 Å². The second-order valence-electron chi connectivity index (χ2n) is 2.45. The molecule has 0 aliphatic carbocycles. The predicted octanol–water partition coefficient (Wildman–Crippen LogP) is 3.40. The van der Waals surface area contributed by atoms with E-state index in [1.807, 2.05) is 6.92 Å². The molecule has 0 amide bonds. The fourth-order valence-corrected chi connectivity index (χ4v) is 0.520. The molecule has 0 aliphatic heterocycles. The molecule has 0 saturated heterocycles. The maximum atomic E-state index is 12.4. The number of rotatable bonds is 2. The quantitative estimate of drug-likeness (QED) is 0.498. The molecule has 0 aromatic rings. The topological polar surface area (TPSA) is 12.0 Å². The van der Waals surface area contributed by atoms with Crippen LogP contribution in [0.15, 0.2) is 23.7 Å². The summed E-state index contributed by atoms with van der Waals surface area (Å²) in [6, 6.07) is 0. The smallest absolute Gasteiger partial charge is 0.189 e. The minimum Gasteiger partial charge on any atom is -0.365 e. The van der Waals surface area contributed by atoms with E-state index in [4.69, 9.17) is 0 Å².